The van der Waals surface area contributed by atoms with Crippen LogP contribution in [-0.4, -0.2) is 13.6 Å². The Hall–Kier alpha value is -2.19. The van der Waals surface area contributed by atoms with Crippen LogP contribution in [0.2, 0.25) is 0 Å². The quantitative estimate of drug-likeness (QED) is 0.788. The molecule has 2 aromatic heterocycles. The lowest BCUT2D eigenvalue weighted by molar-refractivity contribution is 0.433. The number of aromatic nitrogens is 1. The standard InChI is InChI=1S/C14H11FN2O3S2/c1-9-14(8-13(21-9)12-6-7-16-20-12)22(18,19)17-11-5-3-2-4-10(11)15/h2-8,17H,1H3. The number of anilines is 1. The monoisotopic (exact) mass is 338 g/mol. The van der Waals surface area contributed by atoms with E-state index in [1.54, 1.807) is 19.1 Å². The van der Waals surface area contributed by atoms with Gasteiger partial charge < -0.3 is 4.52 Å². The van der Waals surface area contributed by atoms with Crippen LogP contribution < -0.4 is 4.72 Å². The third kappa shape index (κ3) is 2.75. The smallest absolute Gasteiger partial charge is 0.263 e. The summed E-state index contributed by atoms with van der Waals surface area (Å²) in [6, 6.07) is 8.74. The molecule has 5 nitrogen and oxygen atoms in total. The molecule has 0 spiro atoms. The van der Waals surface area contributed by atoms with E-state index in [1.807, 2.05) is 0 Å². The number of hydrogen-bond donors (Lipinski definition) is 1. The Balaban J connectivity index is 1.98. The van der Waals surface area contributed by atoms with Gasteiger partial charge in [-0.1, -0.05) is 17.3 Å². The largest absolute Gasteiger partial charge is 0.355 e. The average molecular weight is 338 g/mol. The zero-order valence-electron chi connectivity index (χ0n) is 11.4. The number of thiophene rings is 1. The molecule has 0 unspecified atom stereocenters. The van der Waals surface area contributed by atoms with Crippen LogP contribution >= 0.6 is 11.3 Å². The Morgan fingerprint density at radius 2 is 2.05 bits per heavy atom. The molecule has 0 fully saturated rings. The fraction of sp³-hybridized carbons (Fsp3) is 0.0714. The summed E-state index contributed by atoms with van der Waals surface area (Å²) in [5.74, 6) is -0.144. The molecule has 1 aromatic carbocycles. The molecular weight excluding hydrogens is 327 g/mol. The first-order valence-electron chi connectivity index (χ1n) is 6.26. The molecular formula is C14H11FN2O3S2. The molecule has 0 aliphatic rings. The van der Waals surface area contributed by atoms with Gasteiger partial charge in [0.25, 0.3) is 10.0 Å². The minimum absolute atomic E-state index is 0.0886. The molecule has 114 valence electrons. The van der Waals surface area contributed by atoms with Crippen molar-refractivity contribution in [3.63, 3.8) is 0 Å². The predicted octanol–water partition coefficient (Wildman–Crippen LogP) is 3.65. The number of nitrogens with zero attached hydrogens (tertiary/aromatic N) is 1. The van der Waals surface area contributed by atoms with Crippen molar-refractivity contribution in [2.45, 2.75) is 11.8 Å². The van der Waals surface area contributed by atoms with Crippen molar-refractivity contribution >= 4 is 27.0 Å². The van der Waals surface area contributed by atoms with Crippen LogP contribution in [0.4, 0.5) is 10.1 Å². The van der Waals surface area contributed by atoms with E-state index in [2.05, 4.69) is 9.88 Å². The van der Waals surface area contributed by atoms with Gasteiger partial charge in [0, 0.05) is 10.9 Å². The fourth-order valence-electron chi connectivity index (χ4n) is 1.94. The summed E-state index contributed by atoms with van der Waals surface area (Å²) in [6.07, 6.45) is 1.48. The van der Waals surface area contributed by atoms with Gasteiger partial charge >= 0.3 is 0 Å². The molecule has 0 amide bonds. The lowest BCUT2D eigenvalue weighted by atomic mass is 10.3. The molecule has 2 heterocycles. The van der Waals surface area contributed by atoms with Gasteiger partial charge in [0.1, 0.15) is 10.7 Å². The number of rotatable bonds is 4. The normalized spacial score (nSPS) is 11.5. The summed E-state index contributed by atoms with van der Waals surface area (Å²) in [4.78, 5) is 1.31. The topological polar surface area (TPSA) is 72.2 Å². The summed E-state index contributed by atoms with van der Waals surface area (Å²) in [6.45, 7) is 1.68. The minimum Gasteiger partial charge on any atom is -0.355 e. The summed E-state index contributed by atoms with van der Waals surface area (Å²) in [7, 11) is -3.88. The van der Waals surface area contributed by atoms with E-state index in [1.165, 1.54) is 41.8 Å². The Labute approximate surface area is 130 Å². The van der Waals surface area contributed by atoms with E-state index >= 15 is 0 Å². The number of aryl methyl sites for hydroxylation is 1. The van der Waals surface area contributed by atoms with E-state index in [9.17, 15) is 12.8 Å². The van der Waals surface area contributed by atoms with Crippen molar-refractivity contribution in [2.24, 2.45) is 0 Å². The molecule has 3 aromatic rings. The first-order chi connectivity index (χ1) is 10.5. The maximum absolute atomic E-state index is 13.6. The highest BCUT2D eigenvalue weighted by molar-refractivity contribution is 7.93. The maximum Gasteiger partial charge on any atom is 0.263 e. The van der Waals surface area contributed by atoms with Crippen molar-refractivity contribution in [1.82, 2.24) is 5.16 Å². The highest BCUT2D eigenvalue weighted by Gasteiger charge is 2.22. The van der Waals surface area contributed by atoms with Crippen molar-refractivity contribution in [3.8, 4) is 10.6 Å². The second kappa shape index (κ2) is 5.54. The number of benzene rings is 1. The van der Waals surface area contributed by atoms with Crippen LogP contribution in [0.5, 0.6) is 0 Å². The van der Waals surface area contributed by atoms with Crippen LogP contribution in [0.3, 0.4) is 0 Å². The first-order valence-corrected chi connectivity index (χ1v) is 8.56. The van der Waals surface area contributed by atoms with Gasteiger partial charge in [-0.15, -0.1) is 11.3 Å². The minimum atomic E-state index is -3.88. The lowest BCUT2D eigenvalue weighted by Gasteiger charge is -2.08. The Kier molecular flexibility index (Phi) is 3.71. The second-order valence-electron chi connectivity index (χ2n) is 4.49. The number of halogens is 1. The van der Waals surface area contributed by atoms with Gasteiger partial charge in [0.2, 0.25) is 0 Å². The molecule has 22 heavy (non-hydrogen) atoms. The lowest BCUT2D eigenvalue weighted by Crippen LogP contribution is -2.14. The van der Waals surface area contributed by atoms with E-state index < -0.39 is 15.8 Å². The SMILES string of the molecule is Cc1sc(-c2ccno2)cc1S(=O)(=O)Nc1ccccc1F. The van der Waals surface area contributed by atoms with E-state index in [-0.39, 0.29) is 10.6 Å². The Bertz CT molecular complexity index is 902. The highest BCUT2D eigenvalue weighted by atomic mass is 32.2. The molecule has 0 bridgehead atoms. The van der Waals surface area contributed by atoms with Crippen molar-refractivity contribution in [2.75, 3.05) is 4.72 Å². The summed E-state index contributed by atoms with van der Waals surface area (Å²) in [5, 5.41) is 3.60. The van der Waals surface area contributed by atoms with Crippen LogP contribution in [0.15, 0.2) is 52.0 Å². The summed E-state index contributed by atoms with van der Waals surface area (Å²) < 4.78 is 45.8. The predicted molar refractivity (Wildman–Crippen MR) is 81.8 cm³/mol. The fourth-order valence-corrected chi connectivity index (χ4v) is 4.56. The molecule has 0 radical (unpaired) electrons. The Morgan fingerprint density at radius 3 is 2.73 bits per heavy atom. The number of para-hydroxylation sites is 1. The molecule has 1 N–H and O–H groups in total. The zero-order valence-corrected chi connectivity index (χ0v) is 13.0. The van der Waals surface area contributed by atoms with Crippen LogP contribution in [0.25, 0.3) is 10.6 Å². The number of sulfonamides is 1. The Morgan fingerprint density at radius 1 is 1.27 bits per heavy atom. The molecule has 8 heteroatoms. The van der Waals surface area contributed by atoms with Gasteiger partial charge in [-0.25, -0.2) is 12.8 Å². The van der Waals surface area contributed by atoms with Crippen LogP contribution in [-0.2, 0) is 10.0 Å². The average Bonchev–Trinajstić information content (AvgIpc) is 3.10. The zero-order chi connectivity index (χ0) is 15.7. The highest BCUT2D eigenvalue weighted by Crippen LogP contribution is 2.34. The van der Waals surface area contributed by atoms with Gasteiger partial charge in [-0.2, -0.15) is 0 Å². The van der Waals surface area contributed by atoms with Gasteiger partial charge in [0.15, 0.2) is 5.76 Å². The van der Waals surface area contributed by atoms with Crippen molar-refractivity contribution in [1.29, 1.82) is 0 Å². The summed E-state index contributed by atoms with van der Waals surface area (Å²) in [5.41, 5.74) is -0.0886. The van der Waals surface area contributed by atoms with Crippen LogP contribution in [0.1, 0.15) is 4.88 Å². The van der Waals surface area contributed by atoms with E-state index in [0.717, 1.165) is 0 Å². The summed E-state index contributed by atoms with van der Waals surface area (Å²) >= 11 is 1.27. The van der Waals surface area contributed by atoms with Crippen molar-refractivity contribution in [3.05, 3.63) is 53.3 Å². The van der Waals surface area contributed by atoms with Gasteiger partial charge in [-0.05, 0) is 25.1 Å². The molecule has 3 rings (SSSR count). The number of hydrogen-bond acceptors (Lipinski definition) is 5. The van der Waals surface area contributed by atoms with Crippen LogP contribution in [0, 0.1) is 12.7 Å². The van der Waals surface area contributed by atoms with E-state index in [4.69, 9.17) is 4.52 Å². The molecule has 0 aliphatic carbocycles. The second-order valence-corrected chi connectivity index (χ2v) is 7.40. The first kappa shape index (κ1) is 14.7. The van der Waals surface area contributed by atoms with Gasteiger partial charge in [-0.3, -0.25) is 4.72 Å². The molecule has 0 atom stereocenters. The third-order valence-corrected chi connectivity index (χ3v) is 5.65. The maximum atomic E-state index is 13.6. The number of nitrogens with one attached hydrogen (secondary N) is 1. The molecule has 0 saturated carbocycles. The van der Waals surface area contributed by atoms with Crippen molar-refractivity contribution < 1.29 is 17.3 Å². The third-order valence-electron chi connectivity index (χ3n) is 2.96. The van der Waals surface area contributed by atoms with Gasteiger partial charge in [0.05, 0.1) is 16.8 Å². The molecule has 0 saturated heterocycles. The molecule has 0 aliphatic heterocycles. The van der Waals surface area contributed by atoms with E-state index in [0.29, 0.717) is 15.5 Å².